The smallest absolute Gasteiger partial charge is 0.355 e. The lowest BCUT2D eigenvalue weighted by Gasteiger charge is -2.12. The standard InChI is InChI=1S/C9H17F3N2OS/c1-7(5-16-2)3-14-8(15)4-13-6-9(10,11)12/h7,13H,3-6H2,1-2H3,(H,14,15). The van der Waals surface area contributed by atoms with E-state index in [1.165, 1.54) is 0 Å². The van der Waals surface area contributed by atoms with Crippen LogP contribution >= 0.6 is 11.8 Å². The molecule has 0 spiro atoms. The van der Waals surface area contributed by atoms with Crippen LogP contribution in [0.5, 0.6) is 0 Å². The molecule has 2 N–H and O–H groups in total. The molecule has 3 nitrogen and oxygen atoms in total. The molecule has 0 radical (unpaired) electrons. The van der Waals surface area contributed by atoms with Gasteiger partial charge >= 0.3 is 6.18 Å². The number of carbonyl (C=O) groups excluding carboxylic acids is 1. The highest BCUT2D eigenvalue weighted by atomic mass is 32.2. The molecule has 7 heteroatoms. The molecular formula is C9H17F3N2OS. The highest BCUT2D eigenvalue weighted by Gasteiger charge is 2.26. The van der Waals surface area contributed by atoms with E-state index < -0.39 is 18.6 Å². The summed E-state index contributed by atoms with van der Waals surface area (Å²) in [5, 5.41) is 4.61. The number of carbonyl (C=O) groups is 1. The van der Waals surface area contributed by atoms with Crippen molar-refractivity contribution in [3.05, 3.63) is 0 Å². The molecule has 1 atom stereocenters. The van der Waals surface area contributed by atoms with Crippen molar-refractivity contribution in [3.63, 3.8) is 0 Å². The Morgan fingerprint density at radius 3 is 2.56 bits per heavy atom. The lowest BCUT2D eigenvalue weighted by molar-refractivity contribution is -0.128. The van der Waals surface area contributed by atoms with Crippen LogP contribution < -0.4 is 10.6 Å². The van der Waals surface area contributed by atoms with Crippen molar-refractivity contribution in [1.82, 2.24) is 10.6 Å². The lowest BCUT2D eigenvalue weighted by atomic mass is 10.2. The van der Waals surface area contributed by atoms with Gasteiger partial charge in [-0.3, -0.25) is 4.79 Å². The molecule has 96 valence electrons. The van der Waals surface area contributed by atoms with Gasteiger partial charge in [0.2, 0.25) is 5.91 Å². The summed E-state index contributed by atoms with van der Waals surface area (Å²) in [6.07, 6.45) is -2.31. The fraction of sp³-hybridized carbons (Fsp3) is 0.889. The molecule has 0 aliphatic carbocycles. The fourth-order valence-corrected chi connectivity index (χ4v) is 1.70. The Morgan fingerprint density at radius 2 is 2.06 bits per heavy atom. The van der Waals surface area contributed by atoms with E-state index in [0.717, 1.165) is 5.75 Å². The predicted octanol–water partition coefficient (Wildman–Crippen LogP) is 1.25. The minimum absolute atomic E-state index is 0.300. The van der Waals surface area contributed by atoms with Gasteiger partial charge in [-0.2, -0.15) is 24.9 Å². The second-order valence-corrected chi connectivity index (χ2v) is 4.49. The molecule has 0 heterocycles. The normalized spacial score (nSPS) is 13.6. The SMILES string of the molecule is CSCC(C)CNC(=O)CNCC(F)(F)F. The van der Waals surface area contributed by atoms with Gasteiger partial charge in [-0.15, -0.1) is 0 Å². The molecule has 0 rings (SSSR count). The summed E-state index contributed by atoms with van der Waals surface area (Å²) >= 11 is 1.67. The minimum Gasteiger partial charge on any atom is -0.355 e. The third kappa shape index (κ3) is 10.1. The number of hydrogen-bond donors (Lipinski definition) is 2. The zero-order valence-corrected chi connectivity index (χ0v) is 10.2. The topological polar surface area (TPSA) is 41.1 Å². The first-order chi connectivity index (χ1) is 7.35. The highest BCUT2D eigenvalue weighted by Crippen LogP contribution is 2.11. The van der Waals surface area contributed by atoms with Crippen LogP contribution in [0.3, 0.4) is 0 Å². The first-order valence-electron chi connectivity index (χ1n) is 4.88. The molecule has 0 aromatic carbocycles. The summed E-state index contributed by atoms with van der Waals surface area (Å²) in [5.74, 6) is 0.828. The zero-order valence-electron chi connectivity index (χ0n) is 9.36. The van der Waals surface area contributed by atoms with Crippen molar-refractivity contribution in [2.24, 2.45) is 5.92 Å². The summed E-state index contributed by atoms with van der Waals surface area (Å²) in [4.78, 5) is 11.1. The van der Waals surface area contributed by atoms with Gasteiger partial charge in [0.25, 0.3) is 0 Å². The Bertz CT molecular complexity index is 211. The van der Waals surface area contributed by atoms with Gasteiger partial charge in [0.15, 0.2) is 0 Å². The average molecular weight is 258 g/mol. The Morgan fingerprint density at radius 1 is 1.44 bits per heavy atom. The van der Waals surface area contributed by atoms with Crippen LogP contribution in [0.2, 0.25) is 0 Å². The maximum absolute atomic E-state index is 11.7. The van der Waals surface area contributed by atoms with Crippen molar-refractivity contribution in [3.8, 4) is 0 Å². The molecule has 0 saturated heterocycles. The van der Waals surface area contributed by atoms with Gasteiger partial charge in [-0.25, -0.2) is 0 Å². The van der Waals surface area contributed by atoms with Crippen LogP contribution in [0.4, 0.5) is 13.2 Å². The summed E-state index contributed by atoms with van der Waals surface area (Å²) in [6, 6.07) is 0. The third-order valence-corrected chi connectivity index (χ3v) is 2.61. The van der Waals surface area contributed by atoms with Crippen LogP contribution in [-0.4, -0.2) is 43.7 Å². The average Bonchev–Trinajstić information content (AvgIpc) is 2.13. The number of halogens is 3. The van der Waals surface area contributed by atoms with Gasteiger partial charge in [-0.1, -0.05) is 6.92 Å². The fourth-order valence-electron chi connectivity index (χ4n) is 1.01. The molecule has 0 aliphatic heterocycles. The van der Waals surface area contributed by atoms with Crippen LogP contribution in [-0.2, 0) is 4.79 Å². The largest absolute Gasteiger partial charge is 0.401 e. The van der Waals surface area contributed by atoms with Crippen molar-refractivity contribution in [1.29, 1.82) is 0 Å². The van der Waals surface area contributed by atoms with E-state index in [9.17, 15) is 18.0 Å². The Hall–Kier alpha value is -0.430. The van der Waals surface area contributed by atoms with Crippen LogP contribution in [0.1, 0.15) is 6.92 Å². The van der Waals surface area contributed by atoms with Gasteiger partial charge in [0, 0.05) is 6.54 Å². The number of amides is 1. The number of hydrogen-bond acceptors (Lipinski definition) is 3. The second-order valence-electron chi connectivity index (χ2n) is 3.58. The summed E-state index contributed by atoms with van der Waals surface area (Å²) in [6.45, 7) is 1.03. The molecule has 0 bridgehead atoms. The van der Waals surface area contributed by atoms with E-state index in [1.54, 1.807) is 11.8 Å². The molecule has 0 fully saturated rings. The van der Waals surface area contributed by atoms with Crippen LogP contribution in [0, 0.1) is 5.92 Å². The first kappa shape index (κ1) is 15.6. The van der Waals surface area contributed by atoms with E-state index in [1.807, 2.05) is 18.5 Å². The van der Waals surface area contributed by atoms with E-state index in [4.69, 9.17) is 0 Å². The van der Waals surface area contributed by atoms with Crippen molar-refractivity contribution >= 4 is 17.7 Å². The summed E-state index contributed by atoms with van der Waals surface area (Å²) in [5.41, 5.74) is 0. The van der Waals surface area contributed by atoms with Gasteiger partial charge in [0.1, 0.15) is 0 Å². The third-order valence-electron chi connectivity index (χ3n) is 1.71. The molecular weight excluding hydrogens is 241 g/mol. The van der Waals surface area contributed by atoms with Crippen molar-refractivity contribution in [2.45, 2.75) is 13.1 Å². The van der Waals surface area contributed by atoms with E-state index in [-0.39, 0.29) is 6.54 Å². The molecule has 16 heavy (non-hydrogen) atoms. The number of nitrogens with one attached hydrogen (secondary N) is 2. The second kappa shape index (κ2) is 7.78. The lowest BCUT2D eigenvalue weighted by Crippen LogP contribution is -2.39. The van der Waals surface area contributed by atoms with Gasteiger partial charge in [0.05, 0.1) is 13.1 Å². The first-order valence-corrected chi connectivity index (χ1v) is 6.27. The molecule has 0 aromatic heterocycles. The van der Waals surface area contributed by atoms with Crippen LogP contribution in [0.25, 0.3) is 0 Å². The van der Waals surface area contributed by atoms with Crippen molar-refractivity contribution < 1.29 is 18.0 Å². The minimum atomic E-state index is -4.27. The zero-order chi connectivity index (χ0) is 12.6. The van der Waals surface area contributed by atoms with Gasteiger partial charge in [-0.05, 0) is 17.9 Å². The van der Waals surface area contributed by atoms with E-state index in [2.05, 4.69) is 5.32 Å². The Labute approximate surface area is 97.5 Å². The quantitative estimate of drug-likeness (QED) is 0.722. The number of alkyl halides is 3. The van der Waals surface area contributed by atoms with Crippen LogP contribution in [0.15, 0.2) is 0 Å². The molecule has 1 unspecified atom stereocenters. The monoisotopic (exact) mass is 258 g/mol. The molecule has 0 aliphatic rings. The maximum Gasteiger partial charge on any atom is 0.401 e. The number of rotatable bonds is 7. The molecule has 0 aromatic rings. The van der Waals surface area contributed by atoms with E-state index >= 15 is 0 Å². The Kier molecular flexibility index (Phi) is 7.57. The molecule has 1 amide bonds. The van der Waals surface area contributed by atoms with E-state index in [0.29, 0.717) is 12.5 Å². The van der Waals surface area contributed by atoms with Crippen molar-refractivity contribution in [2.75, 3.05) is 31.6 Å². The summed E-state index contributed by atoms with van der Waals surface area (Å²) < 4.78 is 35.2. The molecule has 0 saturated carbocycles. The summed E-state index contributed by atoms with van der Waals surface area (Å²) in [7, 11) is 0. The predicted molar refractivity (Wildman–Crippen MR) is 59.5 cm³/mol. The highest BCUT2D eigenvalue weighted by molar-refractivity contribution is 7.98. The maximum atomic E-state index is 11.7. The number of thioether (sulfide) groups is 1. The Balaban J connectivity index is 3.52. The van der Waals surface area contributed by atoms with Gasteiger partial charge < -0.3 is 10.6 Å².